The van der Waals surface area contributed by atoms with Gasteiger partial charge in [-0.25, -0.2) is 0 Å². The fraction of sp³-hybridized carbons (Fsp3) is 0.278. The van der Waals surface area contributed by atoms with E-state index in [1.807, 2.05) is 27.0 Å². The maximum absolute atomic E-state index is 3.62. The van der Waals surface area contributed by atoms with Crippen molar-refractivity contribution in [2.75, 3.05) is 7.05 Å². The topological polar surface area (TPSA) is 12.0 Å². The zero-order valence-electron chi connectivity index (χ0n) is 12.1. The van der Waals surface area contributed by atoms with Gasteiger partial charge in [0, 0.05) is 6.04 Å². The molecule has 0 radical (unpaired) electrons. The van der Waals surface area contributed by atoms with Gasteiger partial charge >= 0.3 is 0 Å². The van der Waals surface area contributed by atoms with Gasteiger partial charge in [-0.1, -0.05) is 62.9 Å². The molecule has 1 N–H and O–H groups in total. The number of hydrogen-bond donors (Lipinski definition) is 1. The lowest BCUT2D eigenvalue weighted by Crippen LogP contribution is -2.24. The number of hydrogen-bond acceptors (Lipinski definition) is 1. The summed E-state index contributed by atoms with van der Waals surface area (Å²) in [6.07, 6.45) is 2.93. The minimum atomic E-state index is 0.300. The van der Waals surface area contributed by atoms with E-state index in [1.165, 1.54) is 16.3 Å². The van der Waals surface area contributed by atoms with Gasteiger partial charge in [0.2, 0.25) is 0 Å². The molecule has 0 aliphatic carbocycles. The molecule has 0 saturated heterocycles. The van der Waals surface area contributed by atoms with E-state index in [4.69, 9.17) is 0 Å². The number of benzene rings is 2. The van der Waals surface area contributed by atoms with Gasteiger partial charge in [-0.2, -0.15) is 0 Å². The second-order valence-electron chi connectivity index (χ2n) is 4.15. The molecule has 2 rings (SSSR count). The average Bonchev–Trinajstić information content (AvgIpc) is 2.48. The summed E-state index contributed by atoms with van der Waals surface area (Å²) in [6, 6.07) is 15.3. The van der Waals surface area contributed by atoms with E-state index in [0.717, 1.165) is 6.42 Å². The Morgan fingerprint density at radius 1 is 1.16 bits per heavy atom. The Morgan fingerprint density at radius 2 is 1.84 bits per heavy atom. The second kappa shape index (κ2) is 8.31. The molecule has 0 heterocycles. The quantitative estimate of drug-likeness (QED) is 0.799. The molecule has 100 valence electrons. The van der Waals surface area contributed by atoms with Crippen LogP contribution in [0.25, 0.3) is 10.8 Å². The molecule has 2 aromatic carbocycles. The van der Waals surface area contributed by atoms with Crippen molar-refractivity contribution in [3.63, 3.8) is 0 Å². The standard InChI is InChI=1S/C16H17N.C2H6/c1-3-6-16(17-2)12-13-9-10-14-7-4-5-8-15(14)11-13;1-2/h4-11,16-17H,1,12H2,2H3;1-2H3. The van der Waals surface area contributed by atoms with Gasteiger partial charge in [-0.3, -0.25) is 0 Å². The molecule has 0 aliphatic heterocycles. The van der Waals surface area contributed by atoms with Crippen LogP contribution in [-0.2, 0) is 6.42 Å². The summed E-state index contributed by atoms with van der Waals surface area (Å²) < 4.78 is 0. The van der Waals surface area contributed by atoms with Crippen LogP contribution in [0, 0.1) is 0 Å². The Balaban J connectivity index is 0.000000861. The number of nitrogens with one attached hydrogen (secondary N) is 1. The van der Waals surface area contributed by atoms with E-state index >= 15 is 0 Å². The molecular weight excluding hydrogens is 230 g/mol. The van der Waals surface area contributed by atoms with Crippen LogP contribution in [0.5, 0.6) is 0 Å². The van der Waals surface area contributed by atoms with Gasteiger partial charge in [-0.15, -0.1) is 5.73 Å². The highest BCUT2D eigenvalue weighted by Gasteiger charge is 2.03. The van der Waals surface area contributed by atoms with Crippen LogP contribution < -0.4 is 5.32 Å². The highest BCUT2D eigenvalue weighted by molar-refractivity contribution is 5.83. The van der Waals surface area contributed by atoms with Crippen molar-refractivity contribution < 1.29 is 0 Å². The Morgan fingerprint density at radius 3 is 2.47 bits per heavy atom. The molecule has 1 atom stereocenters. The summed E-state index contributed by atoms with van der Waals surface area (Å²) in [5, 5.41) is 5.82. The van der Waals surface area contributed by atoms with Crippen molar-refractivity contribution in [3.05, 3.63) is 66.4 Å². The van der Waals surface area contributed by atoms with Crippen LogP contribution in [0.2, 0.25) is 0 Å². The third-order valence-corrected chi connectivity index (χ3v) is 2.96. The molecule has 0 spiro atoms. The van der Waals surface area contributed by atoms with Gasteiger partial charge in [0.1, 0.15) is 0 Å². The van der Waals surface area contributed by atoms with Crippen LogP contribution >= 0.6 is 0 Å². The number of likely N-dealkylation sites (N-methyl/N-ethyl adjacent to an activating group) is 1. The molecule has 0 aromatic heterocycles. The van der Waals surface area contributed by atoms with E-state index in [1.54, 1.807) is 0 Å². The Bertz CT molecular complexity index is 550. The van der Waals surface area contributed by atoms with E-state index in [0.29, 0.717) is 6.04 Å². The molecule has 0 amide bonds. The highest BCUT2D eigenvalue weighted by atomic mass is 14.9. The Kier molecular flexibility index (Phi) is 6.67. The largest absolute Gasteiger partial charge is 0.313 e. The summed E-state index contributed by atoms with van der Waals surface area (Å²) in [5.74, 6) is 0. The van der Waals surface area contributed by atoms with E-state index < -0.39 is 0 Å². The Labute approximate surface area is 116 Å². The average molecular weight is 253 g/mol. The minimum Gasteiger partial charge on any atom is -0.313 e. The van der Waals surface area contributed by atoms with E-state index in [2.05, 4.69) is 60.1 Å². The first kappa shape index (κ1) is 15.2. The first-order valence-electron chi connectivity index (χ1n) is 6.84. The summed E-state index contributed by atoms with van der Waals surface area (Å²) >= 11 is 0. The molecule has 1 nitrogen and oxygen atoms in total. The maximum Gasteiger partial charge on any atom is 0.0362 e. The van der Waals surface area contributed by atoms with Crippen LogP contribution in [0.4, 0.5) is 0 Å². The van der Waals surface area contributed by atoms with Crippen LogP contribution in [0.15, 0.2) is 60.9 Å². The monoisotopic (exact) mass is 253 g/mol. The molecule has 1 heteroatoms. The lowest BCUT2D eigenvalue weighted by Gasteiger charge is -2.11. The summed E-state index contributed by atoms with van der Waals surface area (Å²) in [6.45, 7) is 7.62. The minimum absolute atomic E-state index is 0.300. The Hall–Kier alpha value is -1.82. The van der Waals surface area contributed by atoms with Gasteiger partial charge < -0.3 is 5.32 Å². The lowest BCUT2D eigenvalue weighted by molar-refractivity contribution is 0.665. The maximum atomic E-state index is 3.62. The van der Waals surface area contributed by atoms with Crippen molar-refractivity contribution in [1.82, 2.24) is 5.32 Å². The second-order valence-corrected chi connectivity index (χ2v) is 4.15. The highest BCUT2D eigenvalue weighted by Crippen LogP contribution is 2.16. The summed E-state index contributed by atoms with van der Waals surface area (Å²) in [7, 11) is 1.96. The predicted octanol–water partition coefficient (Wildman–Crippen LogP) is 4.34. The predicted molar refractivity (Wildman–Crippen MR) is 85.6 cm³/mol. The third-order valence-electron chi connectivity index (χ3n) is 2.96. The fourth-order valence-corrected chi connectivity index (χ4v) is 2.01. The van der Waals surface area contributed by atoms with Gasteiger partial charge in [0.25, 0.3) is 0 Å². The van der Waals surface area contributed by atoms with Crippen LogP contribution in [0.3, 0.4) is 0 Å². The number of fused-ring (bicyclic) bond motifs is 1. The van der Waals surface area contributed by atoms with E-state index in [-0.39, 0.29) is 0 Å². The van der Waals surface area contributed by atoms with Crippen molar-refractivity contribution in [1.29, 1.82) is 0 Å². The smallest absolute Gasteiger partial charge is 0.0362 e. The molecular formula is C18H23N. The van der Waals surface area contributed by atoms with Crippen LogP contribution in [-0.4, -0.2) is 13.1 Å². The van der Waals surface area contributed by atoms with Gasteiger partial charge in [0.15, 0.2) is 0 Å². The lowest BCUT2D eigenvalue weighted by atomic mass is 10.0. The summed E-state index contributed by atoms with van der Waals surface area (Å²) in [5.41, 5.74) is 4.17. The molecule has 1 unspecified atom stereocenters. The first-order chi connectivity index (χ1) is 9.33. The van der Waals surface area contributed by atoms with Gasteiger partial charge in [-0.05, 0) is 35.9 Å². The first-order valence-corrected chi connectivity index (χ1v) is 6.84. The van der Waals surface area contributed by atoms with Crippen molar-refractivity contribution in [2.45, 2.75) is 26.3 Å². The van der Waals surface area contributed by atoms with Crippen molar-refractivity contribution in [3.8, 4) is 0 Å². The van der Waals surface area contributed by atoms with Crippen molar-refractivity contribution >= 4 is 10.8 Å². The molecule has 0 bridgehead atoms. The summed E-state index contributed by atoms with van der Waals surface area (Å²) in [4.78, 5) is 0. The molecule has 0 aliphatic rings. The third kappa shape index (κ3) is 4.40. The molecule has 19 heavy (non-hydrogen) atoms. The van der Waals surface area contributed by atoms with Gasteiger partial charge in [0.05, 0.1) is 0 Å². The van der Waals surface area contributed by atoms with Crippen molar-refractivity contribution in [2.24, 2.45) is 0 Å². The number of rotatable bonds is 4. The zero-order chi connectivity index (χ0) is 14.1. The normalized spacial score (nSPS) is 11.1. The van der Waals surface area contributed by atoms with Crippen LogP contribution in [0.1, 0.15) is 19.4 Å². The zero-order valence-corrected chi connectivity index (χ0v) is 12.1. The fourth-order valence-electron chi connectivity index (χ4n) is 2.01. The molecule has 0 fully saturated rings. The SMILES string of the molecule is C=C=CC(Cc1ccc2ccccc2c1)NC.CC. The van der Waals surface area contributed by atoms with E-state index in [9.17, 15) is 0 Å². The molecule has 2 aromatic rings. The molecule has 0 saturated carbocycles.